The van der Waals surface area contributed by atoms with Gasteiger partial charge in [0.2, 0.25) is 0 Å². The van der Waals surface area contributed by atoms with Crippen LogP contribution in [-0.4, -0.2) is 26.3 Å². The van der Waals surface area contributed by atoms with E-state index in [1.54, 1.807) is 7.11 Å². The molecule has 0 fully saturated rings. The van der Waals surface area contributed by atoms with Crippen LogP contribution in [0.15, 0.2) is 0 Å². The molecule has 1 N–H and O–H groups in total. The Bertz CT molecular complexity index is 151. The van der Waals surface area contributed by atoms with Gasteiger partial charge in [-0.2, -0.15) is 0 Å². The Hall–Kier alpha value is -0.0800. The topological polar surface area (TPSA) is 21.3 Å². The summed E-state index contributed by atoms with van der Waals surface area (Å²) in [5.41, 5.74) is 0.389. The highest BCUT2D eigenvalue weighted by molar-refractivity contribution is 4.76. The van der Waals surface area contributed by atoms with Crippen molar-refractivity contribution in [3.8, 4) is 0 Å². The van der Waals surface area contributed by atoms with Gasteiger partial charge in [-0.25, -0.2) is 0 Å². The summed E-state index contributed by atoms with van der Waals surface area (Å²) < 4.78 is 5.25. The van der Waals surface area contributed by atoms with E-state index in [4.69, 9.17) is 4.74 Å². The zero-order valence-corrected chi connectivity index (χ0v) is 11.4. The van der Waals surface area contributed by atoms with E-state index in [9.17, 15) is 0 Å². The third-order valence-electron chi connectivity index (χ3n) is 3.17. The summed E-state index contributed by atoms with van der Waals surface area (Å²) in [7, 11) is 1.78. The monoisotopic (exact) mass is 215 g/mol. The maximum atomic E-state index is 5.25. The van der Waals surface area contributed by atoms with Crippen molar-refractivity contribution in [2.24, 2.45) is 11.3 Å². The van der Waals surface area contributed by atoms with Gasteiger partial charge in [0, 0.05) is 13.2 Å². The first-order chi connectivity index (χ1) is 6.91. The molecule has 0 aliphatic heterocycles. The van der Waals surface area contributed by atoms with Crippen molar-refractivity contribution in [3.05, 3.63) is 0 Å². The van der Waals surface area contributed by atoms with E-state index in [1.165, 1.54) is 12.8 Å². The molecule has 0 bridgehead atoms. The largest absolute Gasteiger partial charge is 0.383 e. The molecule has 92 valence electrons. The Morgan fingerprint density at radius 2 is 1.87 bits per heavy atom. The minimum atomic E-state index is 0.389. The Morgan fingerprint density at radius 1 is 1.27 bits per heavy atom. The molecule has 2 unspecified atom stereocenters. The summed E-state index contributed by atoms with van der Waals surface area (Å²) in [4.78, 5) is 0. The van der Waals surface area contributed by atoms with E-state index in [0.29, 0.717) is 17.4 Å². The van der Waals surface area contributed by atoms with Gasteiger partial charge in [-0.1, -0.05) is 34.6 Å². The Balaban J connectivity index is 4.03. The molecule has 0 aromatic rings. The first-order valence-electron chi connectivity index (χ1n) is 6.14. The average Bonchev–Trinajstić information content (AvgIpc) is 2.13. The summed E-state index contributed by atoms with van der Waals surface area (Å²) in [5.74, 6) is 0.710. The molecule has 0 aromatic carbocycles. The fraction of sp³-hybridized carbons (Fsp3) is 1.00. The van der Waals surface area contributed by atoms with Crippen LogP contribution in [0.25, 0.3) is 0 Å². The van der Waals surface area contributed by atoms with Gasteiger partial charge < -0.3 is 10.1 Å². The van der Waals surface area contributed by atoms with Gasteiger partial charge in [0.05, 0.1) is 6.61 Å². The third-order valence-corrected chi connectivity index (χ3v) is 3.17. The number of ether oxygens (including phenoxy) is 1. The summed E-state index contributed by atoms with van der Waals surface area (Å²) in [6.07, 6.45) is 2.38. The predicted molar refractivity (Wildman–Crippen MR) is 67.2 cm³/mol. The lowest BCUT2D eigenvalue weighted by Gasteiger charge is -2.31. The van der Waals surface area contributed by atoms with Crippen molar-refractivity contribution < 1.29 is 4.74 Å². The number of methoxy groups -OCH3 is 1. The molecule has 0 amide bonds. The molecule has 2 nitrogen and oxygen atoms in total. The van der Waals surface area contributed by atoms with Crippen LogP contribution >= 0.6 is 0 Å². The van der Waals surface area contributed by atoms with Gasteiger partial charge in [0.15, 0.2) is 0 Å². The quantitative estimate of drug-likeness (QED) is 0.704. The summed E-state index contributed by atoms with van der Waals surface area (Å²) >= 11 is 0. The molecule has 0 saturated carbocycles. The number of hydrogen-bond acceptors (Lipinski definition) is 2. The molecular formula is C13H29NO. The standard InChI is InChI=1S/C13H29NO/c1-7-8-14-12(10-15-6)9-11(2)13(3,4)5/h11-12,14H,7-10H2,1-6H3. The molecule has 2 atom stereocenters. The van der Waals surface area contributed by atoms with Crippen molar-refractivity contribution in [1.29, 1.82) is 0 Å². The van der Waals surface area contributed by atoms with Crippen LogP contribution in [0.3, 0.4) is 0 Å². The van der Waals surface area contributed by atoms with Gasteiger partial charge in [-0.05, 0) is 30.7 Å². The van der Waals surface area contributed by atoms with Crippen LogP contribution in [-0.2, 0) is 4.74 Å². The van der Waals surface area contributed by atoms with Gasteiger partial charge in [-0.3, -0.25) is 0 Å². The normalized spacial score (nSPS) is 16.4. The van der Waals surface area contributed by atoms with Crippen molar-refractivity contribution in [2.45, 2.75) is 53.5 Å². The van der Waals surface area contributed by atoms with Crippen LogP contribution in [0.5, 0.6) is 0 Å². The Kier molecular flexibility index (Phi) is 7.20. The molecular weight excluding hydrogens is 186 g/mol. The van der Waals surface area contributed by atoms with Crippen LogP contribution in [0.4, 0.5) is 0 Å². The molecule has 0 aliphatic carbocycles. The smallest absolute Gasteiger partial charge is 0.0615 e. The van der Waals surface area contributed by atoms with E-state index in [1.807, 2.05) is 0 Å². The van der Waals surface area contributed by atoms with Gasteiger partial charge >= 0.3 is 0 Å². The van der Waals surface area contributed by atoms with Crippen LogP contribution in [0.1, 0.15) is 47.5 Å². The van der Waals surface area contributed by atoms with Crippen LogP contribution < -0.4 is 5.32 Å². The maximum absolute atomic E-state index is 5.25. The fourth-order valence-electron chi connectivity index (χ4n) is 1.54. The van der Waals surface area contributed by atoms with E-state index in [2.05, 4.69) is 39.9 Å². The maximum Gasteiger partial charge on any atom is 0.0615 e. The fourth-order valence-corrected chi connectivity index (χ4v) is 1.54. The van der Waals surface area contributed by atoms with E-state index < -0.39 is 0 Å². The molecule has 2 heteroatoms. The van der Waals surface area contributed by atoms with Crippen molar-refractivity contribution in [2.75, 3.05) is 20.3 Å². The third kappa shape index (κ3) is 6.91. The second-order valence-corrected chi connectivity index (χ2v) is 5.61. The van der Waals surface area contributed by atoms with Crippen molar-refractivity contribution in [1.82, 2.24) is 5.32 Å². The Labute approximate surface area is 95.8 Å². The van der Waals surface area contributed by atoms with Gasteiger partial charge in [0.1, 0.15) is 0 Å². The molecule has 0 radical (unpaired) electrons. The minimum Gasteiger partial charge on any atom is -0.383 e. The summed E-state index contributed by atoms with van der Waals surface area (Å²) in [6, 6.07) is 0.504. The molecule has 0 spiro atoms. The highest BCUT2D eigenvalue weighted by Crippen LogP contribution is 2.29. The van der Waals surface area contributed by atoms with Gasteiger partial charge in [-0.15, -0.1) is 0 Å². The minimum absolute atomic E-state index is 0.389. The molecule has 15 heavy (non-hydrogen) atoms. The molecule has 0 rings (SSSR count). The van der Waals surface area contributed by atoms with Crippen molar-refractivity contribution >= 4 is 0 Å². The second-order valence-electron chi connectivity index (χ2n) is 5.61. The zero-order chi connectivity index (χ0) is 11.9. The lowest BCUT2D eigenvalue weighted by molar-refractivity contribution is 0.136. The van der Waals surface area contributed by atoms with Crippen molar-refractivity contribution in [3.63, 3.8) is 0 Å². The van der Waals surface area contributed by atoms with E-state index >= 15 is 0 Å². The lowest BCUT2D eigenvalue weighted by Crippen LogP contribution is -2.37. The first kappa shape index (κ1) is 14.9. The SMILES string of the molecule is CCCNC(COC)CC(C)C(C)(C)C. The first-order valence-corrected chi connectivity index (χ1v) is 6.14. The highest BCUT2D eigenvalue weighted by Gasteiger charge is 2.23. The predicted octanol–water partition coefficient (Wildman–Crippen LogP) is 3.07. The number of nitrogens with one attached hydrogen (secondary N) is 1. The summed E-state index contributed by atoms with van der Waals surface area (Å²) in [5, 5.41) is 3.55. The Morgan fingerprint density at radius 3 is 2.27 bits per heavy atom. The average molecular weight is 215 g/mol. The zero-order valence-electron chi connectivity index (χ0n) is 11.4. The molecule has 0 heterocycles. The highest BCUT2D eigenvalue weighted by atomic mass is 16.5. The van der Waals surface area contributed by atoms with E-state index in [0.717, 1.165) is 13.2 Å². The number of hydrogen-bond donors (Lipinski definition) is 1. The second kappa shape index (κ2) is 7.24. The van der Waals surface area contributed by atoms with Crippen LogP contribution in [0.2, 0.25) is 0 Å². The van der Waals surface area contributed by atoms with Crippen LogP contribution in [0, 0.1) is 11.3 Å². The van der Waals surface area contributed by atoms with Gasteiger partial charge in [0.25, 0.3) is 0 Å². The molecule has 0 aromatic heterocycles. The lowest BCUT2D eigenvalue weighted by atomic mass is 9.78. The molecule has 0 aliphatic rings. The van der Waals surface area contributed by atoms with E-state index in [-0.39, 0.29) is 0 Å². The number of rotatable bonds is 7. The summed E-state index contributed by atoms with van der Waals surface area (Å²) in [6.45, 7) is 13.4. The molecule has 0 saturated heterocycles.